The van der Waals surface area contributed by atoms with Gasteiger partial charge in [0.2, 0.25) is 0 Å². The molecule has 0 aromatic rings. The number of unbranched alkanes of at least 4 members (excludes halogenated alkanes) is 3. The Morgan fingerprint density at radius 3 is 1.18 bits per heavy atom. The Kier molecular flexibility index (Phi) is 9.32. The largest absolute Gasteiger partial charge is 0.376 e. The highest BCUT2D eigenvalue weighted by molar-refractivity contribution is 6.81. The molecule has 0 aromatic heterocycles. The van der Waals surface area contributed by atoms with Crippen LogP contribution in [0.25, 0.3) is 0 Å². The predicted octanol–water partition coefficient (Wildman–Crippen LogP) is 11.4. The van der Waals surface area contributed by atoms with Crippen molar-refractivity contribution in [3.63, 3.8) is 0 Å². The third-order valence-electron chi connectivity index (χ3n) is 14.1. The van der Waals surface area contributed by atoms with E-state index in [4.69, 9.17) is 4.74 Å². The smallest absolute Gasteiger partial charge is 0.0598 e. The maximum Gasteiger partial charge on any atom is 0.0598 e. The van der Waals surface area contributed by atoms with Crippen LogP contribution in [0.3, 0.4) is 0 Å². The minimum Gasteiger partial charge on any atom is -0.376 e. The lowest BCUT2D eigenvalue weighted by Gasteiger charge is -2.51. The average Bonchev–Trinajstić information content (AvgIpc) is 3.46. The summed E-state index contributed by atoms with van der Waals surface area (Å²) in [6, 6.07) is 1.70. The van der Waals surface area contributed by atoms with Gasteiger partial charge in [0.25, 0.3) is 0 Å². The molecule has 6 saturated carbocycles. The van der Waals surface area contributed by atoms with Gasteiger partial charge in [0.15, 0.2) is 0 Å². The molecule has 6 aliphatic carbocycles. The fraction of sp³-hybridized carbons (Fsp3) is 1.00. The summed E-state index contributed by atoms with van der Waals surface area (Å²) in [4.78, 5) is 0. The number of fused-ring (bicyclic) bond motifs is 6. The monoisotopic (exact) mass is 554 g/mol. The second kappa shape index (κ2) is 12.4. The minimum absolute atomic E-state index is 0.0244. The summed E-state index contributed by atoms with van der Waals surface area (Å²) in [5.74, 6) is 9.15. The highest BCUT2D eigenvalue weighted by Gasteiger charge is 2.64. The molecule has 8 unspecified atom stereocenters. The first-order valence-corrected chi connectivity index (χ1v) is 21.4. The highest BCUT2D eigenvalue weighted by Crippen LogP contribution is 2.71. The Labute approximate surface area is 244 Å². The van der Waals surface area contributed by atoms with Crippen molar-refractivity contribution >= 4 is 8.07 Å². The van der Waals surface area contributed by atoms with Gasteiger partial charge in [-0.25, -0.2) is 0 Å². The van der Waals surface area contributed by atoms with Gasteiger partial charge in [-0.1, -0.05) is 109 Å². The van der Waals surface area contributed by atoms with Crippen molar-refractivity contribution in [2.45, 2.75) is 178 Å². The van der Waals surface area contributed by atoms with Gasteiger partial charge in [-0.15, -0.1) is 0 Å². The fourth-order valence-corrected chi connectivity index (χ4v) is 20.8. The van der Waals surface area contributed by atoms with Crippen LogP contribution in [0.4, 0.5) is 0 Å². The molecule has 0 spiro atoms. The maximum atomic E-state index is 6.08. The SMILES string of the molecule is CC(C)(C)OCCCCCC[Si](C)(C1C2CCCCC2C2CCCCC21)C1[C@@H]2CCCCC2C2CCCC[C@@H]21. The van der Waals surface area contributed by atoms with E-state index in [9.17, 15) is 0 Å². The summed E-state index contributed by atoms with van der Waals surface area (Å²) in [6.45, 7) is 10.7. The van der Waals surface area contributed by atoms with Crippen molar-refractivity contribution in [1.29, 1.82) is 0 Å². The van der Waals surface area contributed by atoms with Gasteiger partial charge in [0.05, 0.1) is 13.7 Å². The fourth-order valence-electron chi connectivity index (χ4n) is 13.1. The number of ether oxygens (including phenoxy) is 1. The molecule has 0 bridgehead atoms. The summed E-state index contributed by atoms with van der Waals surface area (Å²) in [7, 11) is -1.45. The summed E-state index contributed by atoms with van der Waals surface area (Å²) in [5.41, 5.74) is 2.42. The molecule has 224 valence electrons. The van der Waals surface area contributed by atoms with Crippen molar-refractivity contribution in [1.82, 2.24) is 0 Å². The van der Waals surface area contributed by atoms with E-state index in [0.717, 1.165) is 54.0 Å². The van der Waals surface area contributed by atoms with E-state index >= 15 is 0 Å². The lowest BCUT2D eigenvalue weighted by Crippen LogP contribution is -2.50. The summed E-state index contributed by atoms with van der Waals surface area (Å²) in [6.07, 6.45) is 31.2. The molecule has 10 atom stereocenters. The van der Waals surface area contributed by atoms with Gasteiger partial charge in [0, 0.05) is 6.61 Å². The lowest BCUT2D eigenvalue weighted by atomic mass is 9.73. The number of hydrogen-bond acceptors (Lipinski definition) is 1. The molecular weight excluding hydrogens is 488 g/mol. The van der Waals surface area contributed by atoms with Crippen molar-refractivity contribution in [2.75, 3.05) is 6.61 Å². The number of rotatable bonds is 9. The Hall–Kier alpha value is 0.177. The van der Waals surface area contributed by atoms with E-state index in [2.05, 4.69) is 27.3 Å². The van der Waals surface area contributed by atoms with E-state index in [0.29, 0.717) is 0 Å². The second-order valence-corrected chi connectivity index (χ2v) is 22.0. The first-order chi connectivity index (χ1) is 18.9. The third-order valence-corrected chi connectivity index (χ3v) is 20.3. The van der Waals surface area contributed by atoms with E-state index in [1.54, 1.807) is 115 Å². The van der Waals surface area contributed by atoms with Crippen molar-refractivity contribution in [3.05, 3.63) is 0 Å². The molecule has 6 fully saturated rings. The molecule has 0 N–H and O–H groups in total. The molecule has 0 amide bonds. The van der Waals surface area contributed by atoms with Crippen LogP contribution in [-0.4, -0.2) is 20.3 Å². The third kappa shape index (κ3) is 5.88. The molecule has 0 heterocycles. The molecule has 0 aromatic carbocycles. The quantitative estimate of drug-likeness (QED) is 0.203. The Bertz CT molecular complexity index is 693. The second-order valence-electron chi connectivity index (χ2n) is 17.1. The predicted molar refractivity (Wildman–Crippen MR) is 170 cm³/mol. The summed E-state index contributed by atoms with van der Waals surface area (Å²) in [5, 5.41) is 0. The van der Waals surface area contributed by atoms with E-state index in [1.165, 1.54) is 30.3 Å². The Balaban J connectivity index is 1.26. The van der Waals surface area contributed by atoms with E-state index < -0.39 is 8.07 Å². The van der Waals surface area contributed by atoms with Gasteiger partial charge in [-0.2, -0.15) is 0 Å². The maximum absolute atomic E-state index is 6.08. The molecule has 6 aliphatic rings. The minimum atomic E-state index is -1.45. The van der Waals surface area contributed by atoms with E-state index in [-0.39, 0.29) is 5.60 Å². The van der Waals surface area contributed by atoms with Crippen LogP contribution < -0.4 is 0 Å². The Morgan fingerprint density at radius 2 is 0.821 bits per heavy atom. The molecule has 6 rings (SSSR count). The average molecular weight is 555 g/mol. The molecule has 0 radical (unpaired) electrons. The first kappa shape index (κ1) is 29.3. The summed E-state index contributed by atoms with van der Waals surface area (Å²) >= 11 is 0. The molecule has 39 heavy (non-hydrogen) atoms. The lowest BCUT2D eigenvalue weighted by molar-refractivity contribution is -0.00471. The van der Waals surface area contributed by atoms with Crippen molar-refractivity contribution in [2.24, 2.45) is 47.3 Å². The van der Waals surface area contributed by atoms with Crippen LogP contribution in [0.5, 0.6) is 0 Å². The highest BCUT2D eigenvalue weighted by atomic mass is 28.3. The standard InChI is InChI=1S/C37H66OSi/c1-37(2,3)38-25-15-5-6-16-26-39(4,35-31-21-11-7-17-27(31)28-18-8-12-22-32(28)35)36-33-23-13-9-19-29(33)30-20-10-14-24-34(30)36/h27-36H,5-26H2,1-4H3/t27?,28?,29?,30?,31-,32+,33?,34?,35?,36?,39?. The zero-order valence-corrected chi connectivity index (χ0v) is 27.7. The van der Waals surface area contributed by atoms with Crippen molar-refractivity contribution in [3.8, 4) is 0 Å². The van der Waals surface area contributed by atoms with Crippen LogP contribution in [0.2, 0.25) is 23.7 Å². The zero-order valence-electron chi connectivity index (χ0n) is 26.7. The normalized spacial score (nSPS) is 43.7. The van der Waals surface area contributed by atoms with Crippen LogP contribution in [0.15, 0.2) is 0 Å². The molecular formula is C37H66OSi. The Morgan fingerprint density at radius 1 is 0.487 bits per heavy atom. The van der Waals surface area contributed by atoms with Crippen LogP contribution in [0.1, 0.15) is 149 Å². The summed E-state index contributed by atoms with van der Waals surface area (Å²) < 4.78 is 6.08. The zero-order chi connectivity index (χ0) is 27.0. The van der Waals surface area contributed by atoms with E-state index in [1.807, 2.05) is 0 Å². The van der Waals surface area contributed by atoms with Gasteiger partial charge in [-0.05, 0) is 111 Å². The number of hydrogen-bond donors (Lipinski definition) is 0. The van der Waals surface area contributed by atoms with Gasteiger partial charge in [0.1, 0.15) is 0 Å². The first-order valence-electron chi connectivity index (χ1n) is 18.5. The van der Waals surface area contributed by atoms with Crippen LogP contribution >= 0.6 is 0 Å². The van der Waals surface area contributed by atoms with Gasteiger partial charge < -0.3 is 4.74 Å². The van der Waals surface area contributed by atoms with Gasteiger partial charge in [-0.3, -0.25) is 0 Å². The van der Waals surface area contributed by atoms with Crippen LogP contribution in [0, 0.1) is 47.3 Å². The van der Waals surface area contributed by atoms with Crippen molar-refractivity contribution < 1.29 is 4.74 Å². The molecule has 0 saturated heterocycles. The van der Waals surface area contributed by atoms with Gasteiger partial charge >= 0.3 is 0 Å². The molecule has 2 heteroatoms. The van der Waals surface area contributed by atoms with Crippen LogP contribution in [-0.2, 0) is 4.74 Å². The molecule has 1 nitrogen and oxygen atoms in total. The molecule has 0 aliphatic heterocycles. The topological polar surface area (TPSA) is 9.23 Å².